The highest BCUT2D eigenvalue weighted by Crippen LogP contribution is 2.22. The van der Waals surface area contributed by atoms with Crippen molar-refractivity contribution in [2.45, 2.75) is 19.8 Å². The Morgan fingerprint density at radius 3 is 2.73 bits per heavy atom. The molecule has 4 heteroatoms. The van der Waals surface area contributed by atoms with E-state index in [1.165, 1.54) is 5.57 Å². The molecule has 0 aliphatic heterocycles. The summed E-state index contributed by atoms with van der Waals surface area (Å²) in [5.74, 6) is 0.787. The van der Waals surface area contributed by atoms with Crippen LogP contribution in [0.15, 0.2) is 96.0 Å². The first-order chi connectivity index (χ1) is 12.8. The van der Waals surface area contributed by atoms with E-state index in [1.807, 2.05) is 36.4 Å². The molecule has 0 aromatic heterocycles. The Labute approximate surface area is 155 Å². The summed E-state index contributed by atoms with van der Waals surface area (Å²) in [7, 11) is 0. The first kappa shape index (κ1) is 17.7. The zero-order valence-corrected chi connectivity index (χ0v) is 15.0. The van der Waals surface area contributed by atoms with Gasteiger partial charge in [-0.1, -0.05) is 48.1 Å². The highest BCUT2D eigenvalue weighted by molar-refractivity contribution is 5.67. The van der Waals surface area contributed by atoms with Crippen molar-refractivity contribution in [2.24, 2.45) is 0 Å². The quantitative estimate of drug-likeness (QED) is 0.470. The van der Waals surface area contributed by atoms with Crippen molar-refractivity contribution in [2.75, 3.05) is 17.5 Å². The van der Waals surface area contributed by atoms with E-state index in [4.69, 9.17) is 4.84 Å². The molecule has 0 atom stereocenters. The fraction of sp³-hybridized carbons (Fsp3) is 0.182. The third-order valence-corrected chi connectivity index (χ3v) is 4.01. The Morgan fingerprint density at radius 2 is 1.81 bits per heavy atom. The zero-order chi connectivity index (χ0) is 18.0. The summed E-state index contributed by atoms with van der Waals surface area (Å²) in [6.07, 6.45) is 20.5. The maximum absolute atomic E-state index is 5.74. The Hall–Kier alpha value is -3.14. The molecule has 0 amide bonds. The molecule has 0 saturated heterocycles. The van der Waals surface area contributed by atoms with Crippen molar-refractivity contribution < 1.29 is 4.84 Å². The second-order valence-electron chi connectivity index (χ2n) is 6.16. The molecule has 3 N–H and O–H groups in total. The van der Waals surface area contributed by atoms with E-state index >= 15 is 0 Å². The first-order valence-corrected chi connectivity index (χ1v) is 8.88. The van der Waals surface area contributed by atoms with Gasteiger partial charge in [0.2, 0.25) is 0 Å². The van der Waals surface area contributed by atoms with Gasteiger partial charge in [0, 0.05) is 5.70 Å². The summed E-state index contributed by atoms with van der Waals surface area (Å²) < 4.78 is 0. The highest BCUT2D eigenvalue weighted by atomic mass is 16.6. The lowest BCUT2D eigenvalue weighted by Crippen LogP contribution is -2.21. The number of para-hydroxylation sites is 2. The van der Waals surface area contributed by atoms with Gasteiger partial charge in [-0.05, 0) is 56.2 Å². The Morgan fingerprint density at radius 1 is 0.923 bits per heavy atom. The van der Waals surface area contributed by atoms with Gasteiger partial charge in [-0.3, -0.25) is 0 Å². The molecule has 26 heavy (non-hydrogen) atoms. The molecule has 2 aliphatic carbocycles. The number of allylic oxidation sites excluding steroid dienone is 10. The van der Waals surface area contributed by atoms with Crippen LogP contribution in [-0.4, -0.2) is 6.67 Å². The van der Waals surface area contributed by atoms with Crippen molar-refractivity contribution in [1.82, 2.24) is 5.32 Å². The van der Waals surface area contributed by atoms with Crippen LogP contribution < -0.4 is 16.1 Å². The monoisotopic (exact) mass is 347 g/mol. The van der Waals surface area contributed by atoms with E-state index < -0.39 is 0 Å². The van der Waals surface area contributed by atoms with Crippen molar-refractivity contribution in [3.05, 3.63) is 96.0 Å². The smallest absolute Gasteiger partial charge is 0.154 e. The topological polar surface area (TPSA) is 45.3 Å². The van der Waals surface area contributed by atoms with Gasteiger partial charge in [-0.15, -0.1) is 0 Å². The second kappa shape index (κ2) is 9.37. The van der Waals surface area contributed by atoms with E-state index in [9.17, 15) is 0 Å². The third kappa shape index (κ3) is 5.45. The Balaban J connectivity index is 1.56. The molecule has 3 rings (SSSR count). The molecule has 4 nitrogen and oxygen atoms in total. The average Bonchev–Trinajstić information content (AvgIpc) is 3.04. The maximum atomic E-state index is 5.74. The maximum Gasteiger partial charge on any atom is 0.154 e. The normalized spacial score (nSPS) is 16.0. The molecule has 1 aromatic rings. The summed E-state index contributed by atoms with van der Waals surface area (Å²) >= 11 is 0. The van der Waals surface area contributed by atoms with E-state index in [0.29, 0.717) is 6.67 Å². The molecule has 0 heterocycles. The molecule has 0 spiro atoms. The Kier molecular flexibility index (Phi) is 6.37. The summed E-state index contributed by atoms with van der Waals surface area (Å²) in [6, 6.07) is 7.98. The largest absolute Gasteiger partial charge is 0.382 e. The van der Waals surface area contributed by atoms with Crippen molar-refractivity contribution in [3.63, 3.8) is 0 Å². The van der Waals surface area contributed by atoms with E-state index in [1.54, 1.807) is 0 Å². The van der Waals surface area contributed by atoms with Gasteiger partial charge in [0.1, 0.15) is 0 Å². The van der Waals surface area contributed by atoms with Gasteiger partial charge < -0.3 is 15.5 Å². The average molecular weight is 347 g/mol. The van der Waals surface area contributed by atoms with Gasteiger partial charge in [0.25, 0.3) is 0 Å². The van der Waals surface area contributed by atoms with Crippen LogP contribution in [0.3, 0.4) is 0 Å². The van der Waals surface area contributed by atoms with Crippen LogP contribution in [0.1, 0.15) is 19.8 Å². The fourth-order valence-electron chi connectivity index (χ4n) is 2.56. The molecule has 0 radical (unpaired) electrons. The fourth-order valence-corrected chi connectivity index (χ4v) is 2.56. The summed E-state index contributed by atoms with van der Waals surface area (Å²) in [5, 5.41) is 6.76. The van der Waals surface area contributed by atoms with Crippen LogP contribution in [0.2, 0.25) is 0 Å². The van der Waals surface area contributed by atoms with Crippen LogP contribution in [0.25, 0.3) is 0 Å². The van der Waals surface area contributed by atoms with E-state index in [0.717, 1.165) is 35.7 Å². The van der Waals surface area contributed by atoms with Crippen LogP contribution in [0, 0.1) is 0 Å². The number of anilines is 2. The molecule has 134 valence electrons. The highest BCUT2D eigenvalue weighted by Gasteiger charge is 2.03. The molecule has 1 aromatic carbocycles. The van der Waals surface area contributed by atoms with Crippen LogP contribution in [0.5, 0.6) is 0 Å². The second-order valence-corrected chi connectivity index (χ2v) is 6.16. The zero-order valence-electron chi connectivity index (χ0n) is 15.0. The number of hydrogen-bond donors (Lipinski definition) is 3. The number of nitrogens with one attached hydrogen (secondary N) is 3. The predicted octanol–water partition coefficient (Wildman–Crippen LogP) is 5.18. The third-order valence-electron chi connectivity index (χ3n) is 4.01. The number of hydrogen-bond acceptors (Lipinski definition) is 4. The van der Waals surface area contributed by atoms with Gasteiger partial charge in [-0.25, -0.2) is 5.48 Å². The molecule has 0 unspecified atom stereocenters. The lowest BCUT2D eigenvalue weighted by Gasteiger charge is -2.15. The number of benzene rings is 1. The lowest BCUT2D eigenvalue weighted by atomic mass is 10.2. The van der Waals surface area contributed by atoms with E-state index in [2.05, 4.69) is 65.6 Å². The van der Waals surface area contributed by atoms with Gasteiger partial charge >= 0.3 is 0 Å². The molecule has 0 fully saturated rings. The van der Waals surface area contributed by atoms with Gasteiger partial charge in [-0.2, -0.15) is 0 Å². The summed E-state index contributed by atoms with van der Waals surface area (Å²) in [5.41, 5.74) is 7.30. The van der Waals surface area contributed by atoms with Gasteiger partial charge in [0.15, 0.2) is 5.76 Å². The predicted molar refractivity (Wildman–Crippen MR) is 109 cm³/mol. The summed E-state index contributed by atoms with van der Waals surface area (Å²) in [4.78, 5) is 5.74. The molecule has 2 aliphatic rings. The lowest BCUT2D eigenvalue weighted by molar-refractivity contribution is 0.300. The molecular formula is C22H25N3O. The number of rotatable bonds is 7. The minimum atomic E-state index is 0.618. The molecule has 0 saturated carbocycles. The minimum Gasteiger partial charge on any atom is -0.382 e. The molecule has 0 bridgehead atoms. The Bertz CT molecular complexity index is 797. The first-order valence-electron chi connectivity index (χ1n) is 8.88. The standard InChI is InChI=1S/C22H25N3O/c1-18-9-8-12-20(16-15-18)26-25-22-14-7-6-13-21(22)24-17-23-19-10-4-2-3-5-11-19/h2,4-8,10-16,23-25H,3,9,17H2,1H3. The van der Waals surface area contributed by atoms with Crippen molar-refractivity contribution >= 4 is 11.4 Å². The van der Waals surface area contributed by atoms with Crippen molar-refractivity contribution in [1.29, 1.82) is 0 Å². The van der Waals surface area contributed by atoms with E-state index in [-0.39, 0.29) is 0 Å². The van der Waals surface area contributed by atoms with Crippen LogP contribution in [0.4, 0.5) is 11.4 Å². The SMILES string of the molecule is CC1=CC=C(ONc2ccccc2NCNC2=CC=CCC=C2)C=CC1. The summed E-state index contributed by atoms with van der Waals surface area (Å²) in [6.45, 7) is 2.73. The van der Waals surface area contributed by atoms with Crippen molar-refractivity contribution in [3.8, 4) is 0 Å². The van der Waals surface area contributed by atoms with Crippen LogP contribution in [-0.2, 0) is 4.84 Å². The minimum absolute atomic E-state index is 0.618. The van der Waals surface area contributed by atoms with Crippen LogP contribution >= 0.6 is 0 Å². The molecular weight excluding hydrogens is 322 g/mol. The van der Waals surface area contributed by atoms with Gasteiger partial charge in [0.05, 0.1) is 18.0 Å².